The number of hydrogen-bond donors (Lipinski definition) is 1. The van der Waals surface area contributed by atoms with Crippen LogP contribution in [0.5, 0.6) is 0 Å². The zero-order valence-electron chi connectivity index (χ0n) is 18.6. The highest BCUT2D eigenvalue weighted by molar-refractivity contribution is 7.87. The van der Waals surface area contributed by atoms with Crippen molar-refractivity contribution in [3.8, 4) is 22.7 Å². The molecule has 3 aliphatic rings. The van der Waals surface area contributed by atoms with Gasteiger partial charge in [-0.15, -0.1) is 0 Å². The minimum Gasteiger partial charge on any atom is -0.354 e. The van der Waals surface area contributed by atoms with Gasteiger partial charge in [0.1, 0.15) is 17.9 Å². The molecule has 1 saturated carbocycles. The largest absolute Gasteiger partial charge is 0.402 e. The highest BCUT2D eigenvalue weighted by atomic mass is 32.2. The Labute approximate surface area is 200 Å². The first kappa shape index (κ1) is 22.7. The molecule has 2 fully saturated rings. The summed E-state index contributed by atoms with van der Waals surface area (Å²) in [6.07, 6.45) is -0.152. The third kappa shape index (κ3) is 3.95. The number of benzene rings is 1. The van der Waals surface area contributed by atoms with E-state index >= 15 is 0 Å². The van der Waals surface area contributed by atoms with Crippen LogP contribution < -0.4 is 4.72 Å². The number of halogens is 3. The van der Waals surface area contributed by atoms with Crippen LogP contribution in [-0.2, 0) is 23.1 Å². The van der Waals surface area contributed by atoms with Crippen LogP contribution >= 0.6 is 0 Å². The van der Waals surface area contributed by atoms with Crippen LogP contribution in [0.2, 0.25) is 0 Å². The topological polar surface area (TPSA) is 88.3 Å². The summed E-state index contributed by atoms with van der Waals surface area (Å²) in [6, 6.07) is 13.4. The van der Waals surface area contributed by atoms with Crippen molar-refractivity contribution in [1.82, 2.24) is 19.2 Å². The Hall–Kier alpha value is -2.76. The summed E-state index contributed by atoms with van der Waals surface area (Å²) in [7, 11) is -4.20. The van der Waals surface area contributed by atoms with Gasteiger partial charge < -0.3 is 4.52 Å². The molecule has 2 aliphatic carbocycles. The Morgan fingerprint density at radius 3 is 2.54 bits per heavy atom. The Kier molecular flexibility index (Phi) is 5.10. The molecule has 3 unspecified atom stereocenters. The maximum atomic E-state index is 13.1. The lowest BCUT2D eigenvalue weighted by atomic mass is 9.79. The molecule has 2 aromatic heterocycles. The van der Waals surface area contributed by atoms with E-state index in [1.165, 1.54) is 0 Å². The van der Waals surface area contributed by atoms with E-state index in [2.05, 4.69) is 14.9 Å². The molecule has 0 amide bonds. The molecular weight excluding hydrogens is 481 g/mol. The Bertz CT molecular complexity index is 1380. The Morgan fingerprint density at radius 1 is 1.06 bits per heavy atom. The average molecular weight is 505 g/mol. The van der Waals surface area contributed by atoms with Crippen LogP contribution in [0, 0.1) is 11.8 Å². The molecule has 1 spiro atoms. The molecule has 1 saturated heterocycles. The quantitative estimate of drug-likeness (QED) is 0.583. The van der Waals surface area contributed by atoms with E-state index in [0.717, 1.165) is 29.5 Å². The number of nitrogens with zero attached hydrogens (tertiary/aromatic N) is 3. The van der Waals surface area contributed by atoms with Gasteiger partial charge in [0.05, 0.1) is 5.54 Å². The first-order chi connectivity index (χ1) is 16.6. The van der Waals surface area contributed by atoms with Gasteiger partial charge in [-0.05, 0) is 66.8 Å². The van der Waals surface area contributed by atoms with Gasteiger partial charge in [0.15, 0.2) is 5.76 Å². The molecule has 184 valence electrons. The zero-order valence-corrected chi connectivity index (χ0v) is 19.4. The second-order valence-corrected chi connectivity index (χ2v) is 11.4. The number of nitrogens with one attached hydrogen (secondary N) is 1. The highest BCUT2D eigenvalue weighted by Crippen LogP contribution is 2.50. The standard InChI is InChI=1S/C24H23F3N4O3S/c25-24(26,27)14-31-13-23(30-35(31,32)33)18-6-7-19(23)11-17-9-16(5-4-15(17)10-18)21-12-22(34-29-21)20-3-1-2-8-28-20/h1-5,8-9,12,18-19,30H,6-7,10-11,13-14H2. The van der Waals surface area contributed by atoms with Crippen LogP contribution in [0.25, 0.3) is 22.7 Å². The van der Waals surface area contributed by atoms with Crippen molar-refractivity contribution in [2.24, 2.45) is 11.8 Å². The minimum atomic E-state index is -4.59. The second kappa shape index (κ2) is 7.87. The Morgan fingerprint density at radius 2 is 1.83 bits per heavy atom. The van der Waals surface area contributed by atoms with Crippen LogP contribution in [0.4, 0.5) is 13.2 Å². The van der Waals surface area contributed by atoms with Gasteiger partial charge in [-0.2, -0.15) is 30.6 Å². The van der Waals surface area contributed by atoms with Crippen molar-refractivity contribution < 1.29 is 26.1 Å². The lowest BCUT2D eigenvalue weighted by Gasteiger charge is -2.33. The monoisotopic (exact) mass is 504 g/mol. The summed E-state index contributed by atoms with van der Waals surface area (Å²) in [4.78, 5) is 4.28. The number of rotatable bonds is 3. The maximum absolute atomic E-state index is 13.1. The summed E-state index contributed by atoms with van der Waals surface area (Å²) in [5.74, 6) is 0.410. The fourth-order valence-electron chi connectivity index (χ4n) is 6.04. The van der Waals surface area contributed by atoms with Crippen LogP contribution in [0.15, 0.2) is 53.2 Å². The lowest BCUT2D eigenvalue weighted by Crippen LogP contribution is -2.52. The van der Waals surface area contributed by atoms with Crippen LogP contribution in [0.3, 0.4) is 0 Å². The second-order valence-electron chi connectivity index (χ2n) is 9.69. The van der Waals surface area contributed by atoms with Gasteiger partial charge in [0.25, 0.3) is 10.2 Å². The minimum absolute atomic E-state index is 0.0598. The average Bonchev–Trinajstić information content (AvgIpc) is 3.43. The molecule has 11 heteroatoms. The van der Waals surface area contributed by atoms with Gasteiger partial charge in [0, 0.05) is 24.4 Å². The zero-order chi connectivity index (χ0) is 24.4. The smallest absolute Gasteiger partial charge is 0.354 e. The van der Waals surface area contributed by atoms with Gasteiger partial charge in [0.2, 0.25) is 0 Å². The van der Waals surface area contributed by atoms with E-state index in [0.29, 0.717) is 34.3 Å². The molecule has 2 bridgehead atoms. The number of aromatic nitrogens is 2. The van der Waals surface area contributed by atoms with Crippen molar-refractivity contribution in [2.45, 2.75) is 37.4 Å². The van der Waals surface area contributed by atoms with Crippen molar-refractivity contribution in [2.75, 3.05) is 13.1 Å². The van der Waals surface area contributed by atoms with Gasteiger partial charge in [-0.1, -0.05) is 23.4 Å². The third-order valence-corrected chi connectivity index (χ3v) is 9.21. The molecule has 1 aromatic carbocycles. The predicted molar refractivity (Wildman–Crippen MR) is 121 cm³/mol. The van der Waals surface area contributed by atoms with E-state index < -0.39 is 28.5 Å². The predicted octanol–water partition coefficient (Wildman–Crippen LogP) is 3.98. The van der Waals surface area contributed by atoms with E-state index in [-0.39, 0.29) is 18.4 Å². The number of fused-ring (bicyclic) bond motifs is 1. The molecule has 0 radical (unpaired) electrons. The van der Waals surface area contributed by atoms with Crippen LogP contribution in [-0.4, -0.2) is 47.7 Å². The number of pyridine rings is 1. The van der Waals surface area contributed by atoms with Crippen molar-refractivity contribution >= 4 is 10.2 Å². The van der Waals surface area contributed by atoms with Crippen molar-refractivity contribution in [3.05, 3.63) is 59.8 Å². The molecule has 3 aromatic rings. The Balaban J connectivity index is 1.30. The van der Waals surface area contributed by atoms with E-state index in [1.807, 2.05) is 42.5 Å². The first-order valence-corrected chi connectivity index (χ1v) is 12.9. The summed E-state index contributed by atoms with van der Waals surface area (Å²) < 4.78 is 73.3. The van der Waals surface area contributed by atoms with E-state index in [4.69, 9.17) is 4.52 Å². The summed E-state index contributed by atoms with van der Waals surface area (Å²) in [5, 5.41) is 4.20. The molecule has 1 aliphatic heterocycles. The molecule has 3 atom stereocenters. The molecule has 1 N–H and O–H groups in total. The van der Waals surface area contributed by atoms with Crippen molar-refractivity contribution in [1.29, 1.82) is 0 Å². The number of hydrogen-bond acceptors (Lipinski definition) is 5. The van der Waals surface area contributed by atoms with E-state index in [1.54, 1.807) is 6.20 Å². The summed E-state index contributed by atoms with van der Waals surface area (Å²) in [6.45, 7) is -1.62. The highest BCUT2D eigenvalue weighted by Gasteiger charge is 2.60. The first-order valence-electron chi connectivity index (χ1n) is 11.5. The molecule has 6 rings (SSSR count). The number of alkyl halides is 3. The normalized spacial score (nSPS) is 27.7. The summed E-state index contributed by atoms with van der Waals surface area (Å²) in [5.41, 5.74) is 3.50. The third-order valence-electron chi connectivity index (χ3n) is 7.64. The fraction of sp³-hybridized carbons (Fsp3) is 0.417. The SMILES string of the molecule is O=S1(=O)NC2(CN1CC(F)(F)F)C1CCC2Cc2cc(-c3cc(-c4ccccn4)on3)ccc2C1. The summed E-state index contributed by atoms with van der Waals surface area (Å²) >= 11 is 0. The molecule has 7 nitrogen and oxygen atoms in total. The van der Waals surface area contributed by atoms with E-state index in [9.17, 15) is 21.6 Å². The molecule has 3 heterocycles. The molecule has 35 heavy (non-hydrogen) atoms. The fourth-order valence-corrected chi connectivity index (χ4v) is 7.75. The van der Waals surface area contributed by atoms with Gasteiger partial charge >= 0.3 is 6.18 Å². The van der Waals surface area contributed by atoms with Gasteiger partial charge in [-0.25, -0.2) is 0 Å². The van der Waals surface area contributed by atoms with Crippen molar-refractivity contribution in [3.63, 3.8) is 0 Å². The maximum Gasteiger partial charge on any atom is 0.402 e. The van der Waals surface area contributed by atoms with Gasteiger partial charge in [-0.3, -0.25) is 4.98 Å². The lowest BCUT2D eigenvalue weighted by molar-refractivity contribution is -0.136. The molecular formula is C24H23F3N4O3S. The van der Waals surface area contributed by atoms with Crippen LogP contribution in [0.1, 0.15) is 24.0 Å².